The second-order valence-corrected chi connectivity index (χ2v) is 6.04. The first-order chi connectivity index (χ1) is 10.7. The second kappa shape index (κ2) is 6.74. The summed E-state index contributed by atoms with van der Waals surface area (Å²) >= 11 is 2.23. The van der Waals surface area contributed by atoms with Gasteiger partial charge < -0.3 is 5.32 Å². The molecule has 110 valence electrons. The zero-order chi connectivity index (χ0) is 15.4. The van der Waals surface area contributed by atoms with Crippen molar-refractivity contribution in [2.75, 3.05) is 5.32 Å². The average molecular weight is 403 g/mol. The molecular weight excluding hydrogens is 389 g/mol. The van der Waals surface area contributed by atoms with Crippen molar-refractivity contribution in [2.45, 2.75) is 6.04 Å². The number of carbonyl (C=O) groups is 1. The molecule has 0 radical (unpaired) electrons. The van der Waals surface area contributed by atoms with Gasteiger partial charge in [0, 0.05) is 21.7 Å². The maximum absolute atomic E-state index is 12.7. The fourth-order valence-corrected chi connectivity index (χ4v) is 2.60. The minimum absolute atomic E-state index is 0.115. The number of amides is 1. The Hall–Kier alpha value is -2.15. The number of nitrogens with zero attached hydrogens (tertiary/aromatic N) is 2. The molecule has 0 spiro atoms. The van der Waals surface area contributed by atoms with Gasteiger partial charge in [-0.05, 0) is 58.5 Å². The first-order valence-corrected chi connectivity index (χ1v) is 7.92. The molecule has 1 unspecified atom stereocenters. The molecule has 2 aromatic carbocycles. The fourth-order valence-electron chi connectivity index (χ4n) is 2.24. The lowest BCUT2D eigenvalue weighted by Gasteiger charge is -2.18. The Balaban J connectivity index is 1.89. The summed E-state index contributed by atoms with van der Waals surface area (Å²) in [6.45, 7) is 0. The molecule has 0 aliphatic carbocycles. The van der Waals surface area contributed by atoms with Crippen molar-refractivity contribution in [1.29, 1.82) is 0 Å². The van der Waals surface area contributed by atoms with Gasteiger partial charge in [0.2, 0.25) is 0 Å². The van der Waals surface area contributed by atoms with E-state index in [1.165, 1.54) is 0 Å². The van der Waals surface area contributed by atoms with Gasteiger partial charge in [0.05, 0.1) is 0 Å². The first kappa shape index (κ1) is 14.8. The van der Waals surface area contributed by atoms with E-state index in [0.717, 1.165) is 14.8 Å². The molecule has 1 amide bonds. The molecule has 0 aliphatic heterocycles. The van der Waals surface area contributed by atoms with Gasteiger partial charge in [-0.3, -0.25) is 9.48 Å². The van der Waals surface area contributed by atoms with Crippen LogP contribution in [-0.2, 0) is 4.79 Å². The highest BCUT2D eigenvalue weighted by molar-refractivity contribution is 14.1. The van der Waals surface area contributed by atoms with E-state index in [1.54, 1.807) is 17.1 Å². The molecule has 3 aromatic rings. The van der Waals surface area contributed by atoms with Gasteiger partial charge in [0.1, 0.15) is 0 Å². The Morgan fingerprint density at radius 1 is 1.05 bits per heavy atom. The average Bonchev–Trinajstić information content (AvgIpc) is 3.05. The van der Waals surface area contributed by atoms with Crippen LogP contribution in [0.5, 0.6) is 0 Å². The summed E-state index contributed by atoms with van der Waals surface area (Å²) < 4.78 is 2.79. The third kappa shape index (κ3) is 3.36. The van der Waals surface area contributed by atoms with Gasteiger partial charge in [0.15, 0.2) is 6.04 Å². The molecule has 0 bridgehead atoms. The Morgan fingerprint density at radius 2 is 1.77 bits per heavy atom. The largest absolute Gasteiger partial charge is 0.324 e. The van der Waals surface area contributed by atoms with Crippen molar-refractivity contribution in [2.24, 2.45) is 0 Å². The molecule has 5 heteroatoms. The van der Waals surface area contributed by atoms with Crippen molar-refractivity contribution < 1.29 is 4.79 Å². The summed E-state index contributed by atoms with van der Waals surface area (Å²) in [5.74, 6) is -0.115. The van der Waals surface area contributed by atoms with Gasteiger partial charge in [-0.25, -0.2) is 0 Å². The molecule has 0 saturated heterocycles. The number of anilines is 1. The summed E-state index contributed by atoms with van der Waals surface area (Å²) in [7, 11) is 0. The van der Waals surface area contributed by atoms with E-state index in [2.05, 4.69) is 33.0 Å². The Morgan fingerprint density at radius 3 is 2.41 bits per heavy atom. The molecular formula is C17H14IN3O. The molecule has 4 nitrogen and oxygen atoms in total. The predicted octanol–water partition coefficient (Wildman–Crippen LogP) is 3.72. The lowest BCUT2D eigenvalue weighted by molar-refractivity contribution is -0.118. The highest BCUT2D eigenvalue weighted by Gasteiger charge is 2.22. The number of rotatable bonds is 4. The van der Waals surface area contributed by atoms with Gasteiger partial charge >= 0.3 is 0 Å². The van der Waals surface area contributed by atoms with Gasteiger partial charge in [0.25, 0.3) is 5.91 Å². The Bertz CT molecular complexity index is 739. The molecule has 1 heterocycles. The Kier molecular flexibility index (Phi) is 4.53. The van der Waals surface area contributed by atoms with Gasteiger partial charge in [-0.1, -0.05) is 30.3 Å². The smallest absolute Gasteiger partial charge is 0.253 e. The zero-order valence-corrected chi connectivity index (χ0v) is 13.8. The summed E-state index contributed by atoms with van der Waals surface area (Å²) in [6.07, 6.45) is 3.47. The SMILES string of the molecule is O=C(Nc1ccc(I)cc1)C(c1ccccc1)n1cccn1. The third-order valence-electron chi connectivity index (χ3n) is 3.26. The van der Waals surface area contributed by atoms with Crippen LogP contribution in [0.4, 0.5) is 5.69 Å². The van der Waals surface area contributed by atoms with Crippen LogP contribution < -0.4 is 5.32 Å². The number of hydrogen-bond donors (Lipinski definition) is 1. The molecule has 0 fully saturated rings. The number of carbonyl (C=O) groups excluding carboxylic acids is 1. The molecule has 0 aliphatic rings. The summed E-state index contributed by atoms with van der Waals surface area (Å²) in [5, 5.41) is 7.18. The molecule has 22 heavy (non-hydrogen) atoms. The lowest BCUT2D eigenvalue weighted by atomic mass is 10.1. The quantitative estimate of drug-likeness (QED) is 0.676. The van der Waals surface area contributed by atoms with Gasteiger partial charge in [-0.15, -0.1) is 0 Å². The third-order valence-corrected chi connectivity index (χ3v) is 3.98. The van der Waals surface area contributed by atoms with E-state index < -0.39 is 6.04 Å². The topological polar surface area (TPSA) is 46.9 Å². The maximum atomic E-state index is 12.7. The van der Waals surface area contributed by atoms with Crippen LogP contribution in [0.25, 0.3) is 0 Å². The molecule has 1 atom stereocenters. The van der Waals surface area contributed by atoms with Crippen LogP contribution in [0.1, 0.15) is 11.6 Å². The molecule has 3 rings (SSSR count). The van der Waals surface area contributed by atoms with Crippen molar-refractivity contribution in [3.05, 3.63) is 82.2 Å². The monoisotopic (exact) mass is 403 g/mol. The minimum Gasteiger partial charge on any atom is -0.324 e. The number of aromatic nitrogens is 2. The van der Waals surface area contributed by atoms with Crippen LogP contribution in [0.15, 0.2) is 73.1 Å². The number of nitrogens with one attached hydrogen (secondary N) is 1. The first-order valence-electron chi connectivity index (χ1n) is 6.84. The van der Waals surface area contributed by atoms with Crippen molar-refractivity contribution >= 4 is 34.2 Å². The summed E-state index contributed by atoms with van der Waals surface area (Å²) in [5.41, 5.74) is 1.67. The molecule has 0 saturated carbocycles. The minimum atomic E-state index is -0.490. The Labute approximate surface area is 142 Å². The highest BCUT2D eigenvalue weighted by Crippen LogP contribution is 2.20. The van der Waals surface area contributed by atoms with E-state index in [4.69, 9.17) is 0 Å². The summed E-state index contributed by atoms with van der Waals surface area (Å²) in [6, 6.07) is 18.7. The second-order valence-electron chi connectivity index (χ2n) is 4.80. The number of benzene rings is 2. The van der Waals surface area contributed by atoms with Crippen LogP contribution in [-0.4, -0.2) is 15.7 Å². The molecule has 1 aromatic heterocycles. The molecule has 1 N–H and O–H groups in total. The standard InChI is InChI=1S/C17H14IN3O/c18-14-7-9-15(10-8-14)20-17(22)16(21-12-4-11-19-21)13-5-2-1-3-6-13/h1-12,16H,(H,20,22). The van der Waals surface area contributed by atoms with E-state index in [-0.39, 0.29) is 5.91 Å². The fraction of sp³-hybridized carbons (Fsp3) is 0.0588. The normalized spacial score (nSPS) is 11.9. The van der Waals surface area contributed by atoms with Crippen LogP contribution in [0.3, 0.4) is 0 Å². The van der Waals surface area contributed by atoms with E-state index in [1.807, 2.05) is 60.7 Å². The van der Waals surface area contributed by atoms with Crippen LogP contribution in [0, 0.1) is 3.57 Å². The summed E-state index contributed by atoms with van der Waals surface area (Å²) in [4.78, 5) is 12.7. The maximum Gasteiger partial charge on any atom is 0.253 e. The van der Waals surface area contributed by atoms with Gasteiger partial charge in [-0.2, -0.15) is 5.10 Å². The van der Waals surface area contributed by atoms with E-state index in [0.29, 0.717) is 0 Å². The number of hydrogen-bond acceptors (Lipinski definition) is 2. The van der Waals surface area contributed by atoms with Crippen molar-refractivity contribution in [1.82, 2.24) is 9.78 Å². The highest BCUT2D eigenvalue weighted by atomic mass is 127. The lowest BCUT2D eigenvalue weighted by Crippen LogP contribution is -2.27. The van der Waals surface area contributed by atoms with Crippen LogP contribution >= 0.6 is 22.6 Å². The number of halogens is 1. The van der Waals surface area contributed by atoms with Crippen LogP contribution in [0.2, 0.25) is 0 Å². The van der Waals surface area contributed by atoms with Crippen molar-refractivity contribution in [3.8, 4) is 0 Å². The predicted molar refractivity (Wildman–Crippen MR) is 94.6 cm³/mol. The van der Waals surface area contributed by atoms with Crippen molar-refractivity contribution in [3.63, 3.8) is 0 Å². The van der Waals surface area contributed by atoms with E-state index >= 15 is 0 Å². The van der Waals surface area contributed by atoms with E-state index in [9.17, 15) is 4.79 Å². The zero-order valence-electron chi connectivity index (χ0n) is 11.7.